The SMILES string of the molecule is CSc1cc2ccc(Br)c(C)c2s1. The van der Waals surface area contributed by atoms with Crippen molar-refractivity contribution < 1.29 is 0 Å². The van der Waals surface area contributed by atoms with E-state index >= 15 is 0 Å². The van der Waals surface area contributed by atoms with Crippen LogP contribution in [0.15, 0.2) is 26.9 Å². The van der Waals surface area contributed by atoms with E-state index in [1.807, 2.05) is 23.1 Å². The van der Waals surface area contributed by atoms with Gasteiger partial charge in [0.2, 0.25) is 0 Å². The zero-order valence-corrected chi connectivity index (χ0v) is 10.6. The summed E-state index contributed by atoms with van der Waals surface area (Å²) in [7, 11) is 0. The van der Waals surface area contributed by atoms with Crippen molar-refractivity contribution in [2.45, 2.75) is 11.1 Å². The first-order valence-corrected chi connectivity index (χ1v) is 6.78. The third-order valence-corrected chi connectivity index (χ3v) is 5.24. The highest BCUT2D eigenvalue weighted by atomic mass is 79.9. The van der Waals surface area contributed by atoms with E-state index in [0.717, 1.165) is 0 Å². The maximum Gasteiger partial charge on any atom is 0.0608 e. The van der Waals surface area contributed by atoms with Crippen LogP contribution in [0.4, 0.5) is 0 Å². The summed E-state index contributed by atoms with van der Waals surface area (Å²) in [6, 6.07) is 6.54. The molecule has 0 bridgehead atoms. The molecule has 0 nitrogen and oxygen atoms in total. The van der Waals surface area contributed by atoms with Crippen molar-refractivity contribution in [1.82, 2.24) is 0 Å². The summed E-state index contributed by atoms with van der Waals surface area (Å²) in [6.07, 6.45) is 2.12. The monoisotopic (exact) mass is 272 g/mol. The largest absolute Gasteiger partial charge is 0.129 e. The summed E-state index contributed by atoms with van der Waals surface area (Å²) in [5, 5.41) is 1.36. The molecule has 0 saturated carbocycles. The predicted molar refractivity (Wildman–Crippen MR) is 66.0 cm³/mol. The quantitative estimate of drug-likeness (QED) is 0.679. The van der Waals surface area contributed by atoms with Gasteiger partial charge in [0.1, 0.15) is 0 Å². The molecule has 68 valence electrons. The van der Waals surface area contributed by atoms with E-state index < -0.39 is 0 Å². The van der Waals surface area contributed by atoms with Crippen LogP contribution in [0.3, 0.4) is 0 Å². The first-order chi connectivity index (χ1) is 6.22. The number of hydrogen-bond acceptors (Lipinski definition) is 2. The van der Waals surface area contributed by atoms with Crippen molar-refractivity contribution in [2.24, 2.45) is 0 Å². The minimum Gasteiger partial charge on any atom is -0.129 e. The third-order valence-electron chi connectivity index (χ3n) is 2.05. The molecule has 0 amide bonds. The number of fused-ring (bicyclic) bond motifs is 1. The van der Waals surface area contributed by atoms with E-state index in [2.05, 4.69) is 47.3 Å². The van der Waals surface area contributed by atoms with E-state index in [4.69, 9.17) is 0 Å². The van der Waals surface area contributed by atoms with Gasteiger partial charge in [-0.15, -0.1) is 23.1 Å². The van der Waals surface area contributed by atoms with Crippen LogP contribution in [-0.2, 0) is 0 Å². The number of halogens is 1. The molecule has 0 aliphatic heterocycles. The second-order valence-corrected chi connectivity index (χ2v) is 5.87. The van der Waals surface area contributed by atoms with E-state index in [1.54, 1.807) is 0 Å². The van der Waals surface area contributed by atoms with Gasteiger partial charge in [-0.1, -0.05) is 22.0 Å². The highest BCUT2D eigenvalue weighted by molar-refractivity contribution is 9.10. The minimum atomic E-state index is 1.20. The van der Waals surface area contributed by atoms with E-state index in [9.17, 15) is 0 Å². The number of thiophene rings is 1. The highest BCUT2D eigenvalue weighted by Gasteiger charge is 2.05. The Morgan fingerprint density at radius 3 is 2.85 bits per heavy atom. The smallest absolute Gasteiger partial charge is 0.0608 e. The Bertz CT molecular complexity index is 445. The van der Waals surface area contributed by atoms with Gasteiger partial charge in [-0.3, -0.25) is 0 Å². The lowest BCUT2D eigenvalue weighted by molar-refractivity contribution is 1.51. The Labute approximate surface area is 94.5 Å². The first kappa shape index (κ1) is 9.56. The molecule has 1 heterocycles. The number of benzene rings is 1. The molecular formula is C10H9BrS2. The Kier molecular flexibility index (Phi) is 2.67. The molecule has 3 heteroatoms. The molecule has 0 atom stereocenters. The van der Waals surface area contributed by atoms with Crippen LogP contribution in [0.2, 0.25) is 0 Å². The lowest BCUT2D eigenvalue weighted by Crippen LogP contribution is -1.73. The molecule has 0 radical (unpaired) electrons. The van der Waals surface area contributed by atoms with Gasteiger partial charge in [0.25, 0.3) is 0 Å². The van der Waals surface area contributed by atoms with E-state index in [-0.39, 0.29) is 0 Å². The predicted octanol–water partition coefficient (Wildman–Crippen LogP) is 4.69. The van der Waals surface area contributed by atoms with E-state index in [0.29, 0.717) is 0 Å². The zero-order chi connectivity index (χ0) is 9.42. The van der Waals surface area contributed by atoms with Gasteiger partial charge in [0.15, 0.2) is 0 Å². The van der Waals surface area contributed by atoms with E-state index in [1.165, 1.54) is 24.3 Å². The molecule has 2 aromatic rings. The molecule has 0 fully saturated rings. The van der Waals surface area contributed by atoms with Gasteiger partial charge in [-0.05, 0) is 36.3 Å². The molecule has 0 N–H and O–H groups in total. The number of rotatable bonds is 1. The topological polar surface area (TPSA) is 0 Å². The summed E-state index contributed by atoms with van der Waals surface area (Å²) in [4.78, 5) is 0. The molecule has 0 unspecified atom stereocenters. The number of hydrogen-bond donors (Lipinski definition) is 0. The molecule has 1 aromatic heterocycles. The summed E-state index contributed by atoms with van der Waals surface area (Å²) in [6.45, 7) is 2.16. The van der Waals surface area contributed by atoms with Crippen LogP contribution in [0.5, 0.6) is 0 Å². The molecule has 0 aliphatic rings. The molecule has 0 aliphatic carbocycles. The van der Waals surface area contributed by atoms with Gasteiger partial charge in [0.05, 0.1) is 4.21 Å². The lowest BCUT2D eigenvalue weighted by Gasteiger charge is -1.97. The number of aryl methyl sites for hydroxylation is 1. The molecular weight excluding hydrogens is 264 g/mol. The van der Waals surface area contributed by atoms with Crippen LogP contribution in [0.1, 0.15) is 5.56 Å². The second kappa shape index (κ2) is 3.64. The fourth-order valence-corrected chi connectivity index (χ4v) is 3.48. The van der Waals surface area contributed by atoms with Gasteiger partial charge in [-0.2, -0.15) is 0 Å². The van der Waals surface area contributed by atoms with Crippen molar-refractivity contribution in [3.8, 4) is 0 Å². The third kappa shape index (κ3) is 1.65. The lowest BCUT2D eigenvalue weighted by atomic mass is 10.2. The second-order valence-electron chi connectivity index (χ2n) is 2.86. The standard InChI is InChI=1S/C10H9BrS2/c1-6-8(11)4-3-7-5-9(12-2)13-10(6)7/h3-5H,1-2H3. The Morgan fingerprint density at radius 1 is 1.38 bits per heavy atom. The Hall–Kier alpha value is 0.01000. The minimum absolute atomic E-state index is 1.20. The maximum absolute atomic E-state index is 3.55. The fraction of sp³-hybridized carbons (Fsp3) is 0.200. The molecule has 0 saturated heterocycles. The van der Waals surface area contributed by atoms with Crippen molar-refractivity contribution >= 4 is 49.1 Å². The van der Waals surface area contributed by atoms with Crippen LogP contribution >= 0.6 is 39.0 Å². The molecule has 2 rings (SSSR count). The van der Waals surface area contributed by atoms with Crippen LogP contribution in [0.25, 0.3) is 10.1 Å². The van der Waals surface area contributed by atoms with Crippen molar-refractivity contribution in [1.29, 1.82) is 0 Å². The highest BCUT2D eigenvalue weighted by Crippen LogP contribution is 2.36. The average molecular weight is 273 g/mol. The average Bonchev–Trinajstić information content (AvgIpc) is 2.55. The van der Waals surface area contributed by atoms with Gasteiger partial charge >= 0.3 is 0 Å². The van der Waals surface area contributed by atoms with Crippen molar-refractivity contribution in [2.75, 3.05) is 6.26 Å². The Balaban J connectivity index is 2.76. The van der Waals surface area contributed by atoms with Crippen molar-refractivity contribution in [3.63, 3.8) is 0 Å². The number of thioether (sulfide) groups is 1. The van der Waals surface area contributed by atoms with Crippen LogP contribution in [-0.4, -0.2) is 6.26 Å². The zero-order valence-electron chi connectivity index (χ0n) is 7.43. The summed E-state index contributed by atoms with van der Waals surface area (Å²) >= 11 is 7.23. The fourth-order valence-electron chi connectivity index (χ4n) is 1.30. The first-order valence-electron chi connectivity index (χ1n) is 3.95. The molecule has 1 aromatic carbocycles. The molecule has 0 spiro atoms. The van der Waals surface area contributed by atoms with Gasteiger partial charge in [-0.25, -0.2) is 0 Å². The Morgan fingerprint density at radius 2 is 2.15 bits per heavy atom. The summed E-state index contributed by atoms with van der Waals surface area (Å²) < 4.78 is 3.99. The summed E-state index contributed by atoms with van der Waals surface area (Å²) in [5.41, 5.74) is 1.35. The normalized spacial score (nSPS) is 11.0. The van der Waals surface area contributed by atoms with Gasteiger partial charge < -0.3 is 0 Å². The van der Waals surface area contributed by atoms with Gasteiger partial charge in [0, 0.05) is 9.17 Å². The summed E-state index contributed by atoms with van der Waals surface area (Å²) in [5.74, 6) is 0. The van der Waals surface area contributed by atoms with Crippen LogP contribution in [0, 0.1) is 6.92 Å². The molecule has 13 heavy (non-hydrogen) atoms. The maximum atomic E-state index is 3.55. The van der Waals surface area contributed by atoms with Crippen molar-refractivity contribution in [3.05, 3.63) is 28.2 Å². The van der Waals surface area contributed by atoms with Crippen LogP contribution < -0.4 is 0 Å².